The van der Waals surface area contributed by atoms with E-state index in [0.717, 1.165) is 35.5 Å². The lowest BCUT2D eigenvalue weighted by Gasteiger charge is -2.54. The van der Waals surface area contributed by atoms with Crippen molar-refractivity contribution >= 4 is 16.8 Å². The molecule has 0 spiro atoms. The number of fused-ring (bicyclic) bond motifs is 7. The molecule has 3 fully saturated rings. The van der Waals surface area contributed by atoms with Crippen LogP contribution in [0.2, 0.25) is 0 Å². The molecule has 2 aromatic rings. The summed E-state index contributed by atoms with van der Waals surface area (Å²) in [6.45, 7) is 3.33. The van der Waals surface area contributed by atoms with Crippen LogP contribution in [-0.2, 0) is 0 Å². The number of hydrogen-bond acceptors (Lipinski definition) is 2. The molecule has 1 aromatic heterocycles. The van der Waals surface area contributed by atoms with Crippen molar-refractivity contribution in [2.24, 2.45) is 11.8 Å². The van der Waals surface area contributed by atoms with Crippen molar-refractivity contribution in [3.8, 4) is 0 Å². The molecule has 2 unspecified atom stereocenters. The lowest BCUT2D eigenvalue weighted by atomic mass is 9.68. The maximum atomic E-state index is 13.7. The minimum absolute atomic E-state index is 0.222. The molecule has 3 saturated heterocycles. The third-order valence-electron chi connectivity index (χ3n) is 7.74. The Morgan fingerprint density at radius 3 is 3.04 bits per heavy atom. The second-order valence-corrected chi connectivity index (χ2v) is 9.25. The number of carbonyl (C=O) groups is 1. The Morgan fingerprint density at radius 2 is 2.07 bits per heavy atom. The van der Waals surface area contributed by atoms with Crippen molar-refractivity contribution in [1.82, 2.24) is 14.8 Å². The average Bonchev–Trinajstić information content (AvgIpc) is 3.22. The van der Waals surface area contributed by atoms with Gasteiger partial charge in [0.15, 0.2) is 0 Å². The van der Waals surface area contributed by atoms with Crippen molar-refractivity contribution < 1.29 is 4.79 Å². The summed E-state index contributed by atoms with van der Waals surface area (Å²) in [6.07, 6.45) is 12.2. The standard InChI is InChI=1S/C24H29N3O/c28-24(20-6-3-7-21-19(20)9-10-25-21)27-12-4-5-16-13-17-14-18(23(16)27)15-26-11-2-1-8-22(17)26/h3,6-7,9-10,13,17-18,22-23,25H,1-2,4-5,8,11-12,14-15H2/t17?,18?,22-,23-/m1/s1. The molecular weight excluding hydrogens is 346 g/mol. The van der Waals surface area contributed by atoms with Crippen molar-refractivity contribution in [2.45, 2.75) is 50.6 Å². The number of carbonyl (C=O) groups excluding carboxylic acids is 1. The molecule has 4 aliphatic rings. The highest BCUT2D eigenvalue weighted by Crippen LogP contribution is 2.45. The highest BCUT2D eigenvalue weighted by Gasteiger charge is 2.47. The van der Waals surface area contributed by atoms with Crippen LogP contribution in [0.4, 0.5) is 0 Å². The van der Waals surface area contributed by atoms with Crippen LogP contribution in [0.15, 0.2) is 42.1 Å². The summed E-state index contributed by atoms with van der Waals surface area (Å²) in [6, 6.07) is 9.18. The van der Waals surface area contributed by atoms with Gasteiger partial charge >= 0.3 is 0 Å². The van der Waals surface area contributed by atoms with Crippen LogP contribution in [0.5, 0.6) is 0 Å². The first-order valence-electron chi connectivity index (χ1n) is 11.1. The zero-order valence-corrected chi connectivity index (χ0v) is 16.4. The van der Waals surface area contributed by atoms with Crippen LogP contribution in [0, 0.1) is 11.8 Å². The summed E-state index contributed by atoms with van der Waals surface area (Å²) < 4.78 is 0. The number of likely N-dealkylation sites (tertiary alicyclic amines) is 1. The van der Waals surface area contributed by atoms with Gasteiger partial charge in [-0.05, 0) is 68.7 Å². The van der Waals surface area contributed by atoms with Crippen molar-refractivity contribution in [1.29, 1.82) is 0 Å². The first-order chi connectivity index (χ1) is 13.8. The minimum Gasteiger partial charge on any atom is -0.361 e. The number of hydrogen-bond donors (Lipinski definition) is 1. The van der Waals surface area contributed by atoms with E-state index in [1.165, 1.54) is 45.2 Å². The van der Waals surface area contributed by atoms with E-state index in [2.05, 4.69) is 26.9 Å². The minimum atomic E-state index is 0.222. The van der Waals surface area contributed by atoms with Gasteiger partial charge in [-0.15, -0.1) is 0 Å². The quantitative estimate of drug-likeness (QED) is 0.759. The smallest absolute Gasteiger partial charge is 0.255 e. The number of amides is 1. The third kappa shape index (κ3) is 2.50. The van der Waals surface area contributed by atoms with Gasteiger partial charge in [0.25, 0.3) is 5.91 Å². The molecule has 4 nitrogen and oxygen atoms in total. The Morgan fingerprint density at radius 1 is 1.11 bits per heavy atom. The molecule has 4 heterocycles. The summed E-state index contributed by atoms with van der Waals surface area (Å²) in [5.41, 5.74) is 3.47. The predicted molar refractivity (Wildman–Crippen MR) is 111 cm³/mol. The molecule has 3 aliphatic heterocycles. The number of aromatic amines is 1. The summed E-state index contributed by atoms with van der Waals surface area (Å²) in [7, 11) is 0. The van der Waals surface area contributed by atoms with E-state index in [-0.39, 0.29) is 5.91 Å². The Labute approximate surface area is 166 Å². The normalized spacial score (nSPS) is 32.6. The zero-order chi connectivity index (χ0) is 18.7. The number of rotatable bonds is 1. The van der Waals surface area contributed by atoms with Gasteiger partial charge in [0, 0.05) is 41.8 Å². The van der Waals surface area contributed by atoms with Gasteiger partial charge in [0.1, 0.15) is 0 Å². The molecule has 1 N–H and O–H groups in total. The van der Waals surface area contributed by atoms with Gasteiger partial charge in [-0.2, -0.15) is 0 Å². The van der Waals surface area contributed by atoms with Gasteiger partial charge in [-0.1, -0.05) is 24.1 Å². The predicted octanol–water partition coefficient (Wildman–Crippen LogP) is 4.20. The molecule has 4 heteroatoms. The average molecular weight is 376 g/mol. The van der Waals surface area contributed by atoms with E-state index in [1.54, 1.807) is 5.57 Å². The van der Waals surface area contributed by atoms with Gasteiger partial charge in [0.2, 0.25) is 0 Å². The van der Waals surface area contributed by atoms with Crippen LogP contribution in [0.3, 0.4) is 0 Å². The molecular formula is C24H29N3O. The maximum Gasteiger partial charge on any atom is 0.255 e. The summed E-state index contributed by atoms with van der Waals surface area (Å²) >= 11 is 0. The Hall–Kier alpha value is -2.07. The molecule has 2 bridgehead atoms. The fraction of sp³-hybridized carbons (Fsp3) is 0.542. The van der Waals surface area contributed by atoms with Crippen LogP contribution in [0.1, 0.15) is 48.9 Å². The zero-order valence-electron chi connectivity index (χ0n) is 16.4. The Balaban J connectivity index is 1.36. The molecule has 0 saturated carbocycles. The molecule has 0 radical (unpaired) electrons. The molecule has 1 amide bonds. The van der Waals surface area contributed by atoms with E-state index in [4.69, 9.17) is 0 Å². The summed E-state index contributed by atoms with van der Waals surface area (Å²) in [5.74, 6) is 1.54. The Kier molecular flexibility index (Phi) is 3.90. The molecule has 4 atom stereocenters. The largest absolute Gasteiger partial charge is 0.361 e. The second kappa shape index (κ2) is 6.48. The number of aromatic nitrogens is 1. The first-order valence-corrected chi connectivity index (χ1v) is 11.1. The number of H-pyrrole nitrogens is 1. The summed E-state index contributed by atoms with van der Waals surface area (Å²) in [5, 5.41) is 1.05. The fourth-order valence-corrected chi connectivity index (χ4v) is 6.63. The van der Waals surface area contributed by atoms with Crippen LogP contribution < -0.4 is 0 Å². The van der Waals surface area contributed by atoms with Crippen LogP contribution in [0.25, 0.3) is 10.9 Å². The molecule has 6 rings (SSSR count). The van der Waals surface area contributed by atoms with Gasteiger partial charge in [0.05, 0.1) is 6.04 Å². The Bertz CT molecular complexity index is 944. The van der Waals surface area contributed by atoms with Gasteiger partial charge in [-0.25, -0.2) is 0 Å². The topological polar surface area (TPSA) is 39.3 Å². The number of piperidine rings is 3. The van der Waals surface area contributed by atoms with E-state index >= 15 is 0 Å². The van der Waals surface area contributed by atoms with Crippen molar-refractivity contribution in [3.05, 3.63) is 47.7 Å². The fourth-order valence-electron chi connectivity index (χ4n) is 6.63. The van der Waals surface area contributed by atoms with Gasteiger partial charge in [-0.3, -0.25) is 9.69 Å². The summed E-state index contributed by atoms with van der Waals surface area (Å²) in [4.78, 5) is 21.9. The lowest BCUT2D eigenvalue weighted by molar-refractivity contribution is 0.00153. The highest BCUT2D eigenvalue weighted by atomic mass is 16.2. The molecule has 146 valence electrons. The highest BCUT2D eigenvalue weighted by molar-refractivity contribution is 6.06. The maximum absolute atomic E-state index is 13.7. The second-order valence-electron chi connectivity index (χ2n) is 9.25. The van der Waals surface area contributed by atoms with E-state index < -0.39 is 0 Å². The van der Waals surface area contributed by atoms with E-state index in [9.17, 15) is 4.79 Å². The van der Waals surface area contributed by atoms with E-state index in [1.807, 2.05) is 24.4 Å². The third-order valence-corrected chi connectivity index (χ3v) is 7.74. The molecule has 28 heavy (non-hydrogen) atoms. The van der Waals surface area contributed by atoms with Crippen molar-refractivity contribution in [2.75, 3.05) is 19.6 Å². The SMILES string of the molecule is O=C(c1cccc2[nH]ccc12)N1CCCC2=CC3CC(CN4CCCC[C@H]34)[C@@H]21. The number of benzene rings is 1. The van der Waals surface area contributed by atoms with Crippen LogP contribution >= 0.6 is 0 Å². The monoisotopic (exact) mass is 375 g/mol. The van der Waals surface area contributed by atoms with Crippen molar-refractivity contribution in [3.63, 3.8) is 0 Å². The molecule has 1 aromatic carbocycles. The molecule has 1 aliphatic carbocycles. The number of nitrogens with one attached hydrogen (secondary N) is 1. The lowest BCUT2D eigenvalue weighted by Crippen LogP contribution is -2.60. The van der Waals surface area contributed by atoms with Gasteiger partial charge < -0.3 is 9.88 Å². The van der Waals surface area contributed by atoms with Crippen LogP contribution in [-0.4, -0.2) is 52.4 Å². The number of nitrogens with zero attached hydrogens (tertiary/aromatic N) is 2. The van der Waals surface area contributed by atoms with E-state index in [0.29, 0.717) is 17.9 Å². The first kappa shape index (κ1) is 16.8.